The minimum atomic E-state index is -0.312. The lowest BCUT2D eigenvalue weighted by Gasteiger charge is -2.55. The standard InChI is InChI=1S/C16H22N2O3/c1-9-7-10(2)13(18(19)20)8-12(9)17-14-11-5-6-21-15(11)16(14,3)4/h7-8,11,14-15,17H,5-6H2,1-4H3. The highest BCUT2D eigenvalue weighted by atomic mass is 16.6. The van der Waals surface area contributed by atoms with Gasteiger partial charge < -0.3 is 10.1 Å². The molecule has 1 aromatic carbocycles. The molecule has 21 heavy (non-hydrogen) atoms. The van der Waals surface area contributed by atoms with E-state index in [0.29, 0.717) is 23.6 Å². The van der Waals surface area contributed by atoms with Crippen LogP contribution < -0.4 is 5.32 Å². The van der Waals surface area contributed by atoms with E-state index < -0.39 is 0 Å². The number of nitro groups is 1. The summed E-state index contributed by atoms with van der Waals surface area (Å²) in [5, 5.41) is 14.7. The van der Waals surface area contributed by atoms with Crippen LogP contribution in [0.3, 0.4) is 0 Å². The van der Waals surface area contributed by atoms with Gasteiger partial charge >= 0.3 is 0 Å². The van der Waals surface area contributed by atoms with Gasteiger partial charge in [0.15, 0.2) is 0 Å². The van der Waals surface area contributed by atoms with E-state index >= 15 is 0 Å². The number of anilines is 1. The first-order valence-corrected chi connectivity index (χ1v) is 7.46. The van der Waals surface area contributed by atoms with Crippen LogP contribution >= 0.6 is 0 Å². The number of aryl methyl sites for hydroxylation is 2. The van der Waals surface area contributed by atoms with Crippen molar-refractivity contribution in [3.63, 3.8) is 0 Å². The lowest BCUT2D eigenvalue weighted by molar-refractivity contribution is -0.385. The van der Waals surface area contributed by atoms with Gasteiger partial charge in [0.2, 0.25) is 0 Å². The number of hydrogen-bond acceptors (Lipinski definition) is 4. The number of rotatable bonds is 3. The molecule has 0 amide bonds. The van der Waals surface area contributed by atoms with Crippen LogP contribution in [0.5, 0.6) is 0 Å². The molecular weight excluding hydrogens is 268 g/mol. The second-order valence-corrected chi connectivity index (χ2v) is 6.90. The smallest absolute Gasteiger partial charge is 0.274 e. The van der Waals surface area contributed by atoms with Crippen LogP contribution in [-0.4, -0.2) is 23.7 Å². The predicted molar refractivity (Wildman–Crippen MR) is 81.6 cm³/mol. The summed E-state index contributed by atoms with van der Waals surface area (Å²) in [5.41, 5.74) is 2.87. The SMILES string of the molecule is Cc1cc(C)c([N+](=O)[O-])cc1NC1C2CCOC2C1(C)C. The van der Waals surface area contributed by atoms with Crippen LogP contribution in [0, 0.1) is 35.3 Å². The zero-order chi connectivity index (χ0) is 15.4. The van der Waals surface area contributed by atoms with Gasteiger partial charge in [0.1, 0.15) is 0 Å². The highest BCUT2D eigenvalue weighted by Crippen LogP contribution is 2.53. The molecule has 1 N–H and O–H groups in total. The van der Waals surface area contributed by atoms with Crippen LogP contribution in [-0.2, 0) is 4.74 Å². The van der Waals surface area contributed by atoms with Crippen molar-refractivity contribution < 1.29 is 9.66 Å². The van der Waals surface area contributed by atoms with Gasteiger partial charge in [-0.3, -0.25) is 10.1 Å². The maximum Gasteiger partial charge on any atom is 0.274 e. The van der Waals surface area contributed by atoms with E-state index in [9.17, 15) is 10.1 Å². The largest absolute Gasteiger partial charge is 0.381 e. The van der Waals surface area contributed by atoms with Gasteiger partial charge in [0.25, 0.3) is 5.69 Å². The summed E-state index contributed by atoms with van der Waals surface area (Å²) in [6.07, 6.45) is 1.38. The third-order valence-electron chi connectivity index (χ3n) is 5.15. The lowest BCUT2D eigenvalue weighted by atomic mass is 9.57. The molecule has 1 aromatic rings. The van der Waals surface area contributed by atoms with Crippen LogP contribution in [0.15, 0.2) is 12.1 Å². The molecule has 2 fully saturated rings. The number of ether oxygens (including phenoxy) is 1. The number of nitrogens with zero attached hydrogens (tertiary/aromatic N) is 1. The molecule has 0 spiro atoms. The molecule has 2 aliphatic rings. The fourth-order valence-corrected chi connectivity index (χ4v) is 3.98. The molecule has 3 rings (SSSR count). The maximum atomic E-state index is 11.1. The summed E-state index contributed by atoms with van der Waals surface area (Å²) in [6.45, 7) is 9.00. The Labute approximate surface area is 124 Å². The summed E-state index contributed by atoms with van der Waals surface area (Å²) >= 11 is 0. The fraction of sp³-hybridized carbons (Fsp3) is 0.625. The van der Waals surface area contributed by atoms with Gasteiger partial charge in [-0.1, -0.05) is 13.8 Å². The molecule has 1 saturated carbocycles. The first kappa shape index (κ1) is 14.3. The van der Waals surface area contributed by atoms with Gasteiger partial charge in [-0.15, -0.1) is 0 Å². The molecule has 3 atom stereocenters. The highest BCUT2D eigenvalue weighted by molar-refractivity contribution is 5.61. The van der Waals surface area contributed by atoms with Crippen molar-refractivity contribution in [2.24, 2.45) is 11.3 Å². The summed E-state index contributed by atoms with van der Waals surface area (Å²) in [7, 11) is 0. The Morgan fingerprint density at radius 3 is 2.71 bits per heavy atom. The molecule has 5 heteroatoms. The normalized spacial score (nSPS) is 29.6. The molecule has 114 valence electrons. The van der Waals surface area contributed by atoms with Crippen LogP contribution in [0.1, 0.15) is 31.4 Å². The summed E-state index contributed by atoms with van der Waals surface area (Å²) in [5.74, 6) is 0.514. The molecule has 0 radical (unpaired) electrons. The molecule has 1 heterocycles. The molecule has 1 aliphatic carbocycles. The molecule has 1 aliphatic heterocycles. The van der Waals surface area contributed by atoms with E-state index in [-0.39, 0.29) is 16.0 Å². The number of nitrogens with one attached hydrogen (secondary N) is 1. The van der Waals surface area contributed by atoms with E-state index in [1.165, 1.54) is 0 Å². The van der Waals surface area contributed by atoms with Crippen molar-refractivity contribution in [2.75, 3.05) is 11.9 Å². The lowest BCUT2D eigenvalue weighted by Crippen LogP contribution is -2.63. The number of benzene rings is 1. The van der Waals surface area contributed by atoms with Crippen molar-refractivity contribution in [3.05, 3.63) is 33.4 Å². The average Bonchev–Trinajstić information content (AvgIpc) is 2.83. The predicted octanol–water partition coefficient (Wildman–Crippen LogP) is 3.44. The topological polar surface area (TPSA) is 64.4 Å². The van der Waals surface area contributed by atoms with Gasteiger partial charge in [-0.05, 0) is 31.9 Å². The van der Waals surface area contributed by atoms with Crippen molar-refractivity contribution in [1.82, 2.24) is 0 Å². The Kier molecular flexibility index (Phi) is 3.20. The van der Waals surface area contributed by atoms with Crippen LogP contribution in [0.2, 0.25) is 0 Å². The first-order valence-electron chi connectivity index (χ1n) is 7.46. The Balaban J connectivity index is 1.88. The van der Waals surface area contributed by atoms with Gasteiger partial charge in [0.05, 0.1) is 11.0 Å². The Morgan fingerprint density at radius 1 is 1.33 bits per heavy atom. The quantitative estimate of drug-likeness (QED) is 0.684. The second kappa shape index (κ2) is 4.70. The molecule has 5 nitrogen and oxygen atoms in total. The minimum Gasteiger partial charge on any atom is -0.381 e. The van der Waals surface area contributed by atoms with Gasteiger partial charge in [-0.25, -0.2) is 0 Å². The number of fused-ring (bicyclic) bond motifs is 1. The average molecular weight is 290 g/mol. The Morgan fingerprint density at radius 2 is 2.05 bits per heavy atom. The van der Waals surface area contributed by atoms with Gasteiger partial charge in [-0.2, -0.15) is 0 Å². The molecule has 0 aromatic heterocycles. The van der Waals surface area contributed by atoms with E-state index in [1.54, 1.807) is 13.0 Å². The van der Waals surface area contributed by atoms with Crippen LogP contribution in [0.4, 0.5) is 11.4 Å². The van der Waals surface area contributed by atoms with Crippen molar-refractivity contribution in [1.29, 1.82) is 0 Å². The van der Waals surface area contributed by atoms with E-state index in [2.05, 4.69) is 19.2 Å². The van der Waals surface area contributed by atoms with Crippen molar-refractivity contribution in [3.8, 4) is 0 Å². The number of nitro benzene ring substituents is 1. The Hall–Kier alpha value is -1.62. The summed E-state index contributed by atoms with van der Waals surface area (Å²) < 4.78 is 5.80. The third kappa shape index (κ3) is 2.11. The summed E-state index contributed by atoms with van der Waals surface area (Å²) in [6, 6.07) is 3.87. The Bertz CT molecular complexity index is 597. The highest BCUT2D eigenvalue weighted by Gasteiger charge is 2.59. The van der Waals surface area contributed by atoms with E-state index in [0.717, 1.165) is 24.3 Å². The van der Waals surface area contributed by atoms with E-state index in [4.69, 9.17) is 4.74 Å². The van der Waals surface area contributed by atoms with Crippen molar-refractivity contribution >= 4 is 11.4 Å². The van der Waals surface area contributed by atoms with Crippen LogP contribution in [0.25, 0.3) is 0 Å². The van der Waals surface area contributed by atoms with Gasteiger partial charge in [0, 0.05) is 41.3 Å². The number of hydrogen-bond donors (Lipinski definition) is 1. The summed E-state index contributed by atoms with van der Waals surface area (Å²) in [4.78, 5) is 10.8. The fourth-order valence-electron chi connectivity index (χ4n) is 3.98. The minimum absolute atomic E-state index is 0.0628. The molecule has 1 saturated heterocycles. The maximum absolute atomic E-state index is 11.1. The molecular formula is C16H22N2O3. The van der Waals surface area contributed by atoms with E-state index in [1.807, 2.05) is 13.0 Å². The second-order valence-electron chi connectivity index (χ2n) is 6.90. The monoisotopic (exact) mass is 290 g/mol. The zero-order valence-electron chi connectivity index (χ0n) is 13.0. The molecule has 0 bridgehead atoms. The zero-order valence-corrected chi connectivity index (χ0v) is 13.0. The third-order valence-corrected chi connectivity index (χ3v) is 5.15. The molecule has 3 unspecified atom stereocenters. The van der Waals surface area contributed by atoms with Crippen molar-refractivity contribution in [2.45, 2.75) is 46.3 Å². The first-order chi connectivity index (χ1) is 9.82.